The largest absolute Gasteiger partial charge is 0.282 e. The summed E-state index contributed by atoms with van der Waals surface area (Å²) >= 11 is 12.0. The first kappa shape index (κ1) is 19.6. The fourth-order valence-electron chi connectivity index (χ4n) is 2.50. The summed E-state index contributed by atoms with van der Waals surface area (Å²) in [5.74, 6) is -0.691. The predicted octanol–water partition coefficient (Wildman–Crippen LogP) is 4.30. The smallest absolute Gasteiger partial charge is 0.275 e. The van der Waals surface area contributed by atoms with Crippen LogP contribution in [0, 0.1) is 0 Å². The number of nitrogens with zero attached hydrogens (tertiary/aromatic N) is 3. The number of hydrogen-bond acceptors (Lipinski definition) is 3. The highest BCUT2D eigenvalue weighted by atomic mass is 35.5. The van der Waals surface area contributed by atoms with Crippen molar-refractivity contribution in [1.82, 2.24) is 14.8 Å². The number of alkyl halides is 2. The standard InChI is InChI=1S/C16H17Cl2F2N3O2/c1-9(6-10-4-5-11(17)7-13(10)18)23(25-3)16(24)12-8-22(2)21-14(12)15(19)20/h4-5,7-9,15H,6H2,1-3H3/t9-/m0/s1. The number of carbonyl (C=O) groups excluding carboxylic acids is 1. The van der Waals surface area contributed by atoms with Crippen LogP contribution < -0.4 is 0 Å². The lowest BCUT2D eigenvalue weighted by Crippen LogP contribution is -2.39. The summed E-state index contributed by atoms with van der Waals surface area (Å²) in [7, 11) is 2.77. The number of benzene rings is 1. The van der Waals surface area contributed by atoms with Crippen LogP contribution in [-0.2, 0) is 18.3 Å². The van der Waals surface area contributed by atoms with Gasteiger partial charge in [0.05, 0.1) is 18.7 Å². The van der Waals surface area contributed by atoms with Gasteiger partial charge in [0.1, 0.15) is 5.69 Å². The van der Waals surface area contributed by atoms with Crippen LogP contribution in [0.25, 0.3) is 0 Å². The van der Waals surface area contributed by atoms with Crippen LogP contribution in [-0.4, -0.2) is 33.9 Å². The van der Waals surface area contributed by atoms with Crippen molar-refractivity contribution in [3.05, 3.63) is 51.3 Å². The predicted molar refractivity (Wildman–Crippen MR) is 91.0 cm³/mol. The van der Waals surface area contributed by atoms with E-state index in [2.05, 4.69) is 5.10 Å². The first-order chi connectivity index (χ1) is 11.7. The molecule has 25 heavy (non-hydrogen) atoms. The average molecular weight is 392 g/mol. The van der Waals surface area contributed by atoms with E-state index >= 15 is 0 Å². The van der Waals surface area contributed by atoms with Crippen molar-refractivity contribution in [3.63, 3.8) is 0 Å². The number of halogens is 4. The fourth-order valence-corrected chi connectivity index (χ4v) is 2.99. The summed E-state index contributed by atoms with van der Waals surface area (Å²) in [4.78, 5) is 17.8. The second-order valence-electron chi connectivity index (χ2n) is 5.50. The van der Waals surface area contributed by atoms with E-state index < -0.39 is 24.1 Å². The van der Waals surface area contributed by atoms with Crippen molar-refractivity contribution in [2.75, 3.05) is 7.11 Å². The van der Waals surface area contributed by atoms with E-state index in [4.69, 9.17) is 28.0 Å². The molecule has 0 N–H and O–H groups in total. The molecule has 0 aliphatic heterocycles. The molecule has 0 aliphatic carbocycles. The zero-order valence-electron chi connectivity index (χ0n) is 13.8. The monoisotopic (exact) mass is 391 g/mol. The Morgan fingerprint density at radius 1 is 1.40 bits per heavy atom. The van der Waals surface area contributed by atoms with Crippen LogP contribution in [0.1, 0.15) is 35.0 Å². The summed E-state index contributed by atoms with van der Waals surface area (Å²) < 4.78 is 27.3. The van der Waals surface area contributed by atoms with Gasteiger partial charge < -0.3 is 0 Å². The molecule has 0 bridgehead atoms. The Morgan fingerprint density at radius 3 is 2.64 bits per heavy atom. The molecular weight excluding hydrogens is 375 g/mol. The van der Waals surface area contributed by atoms with Gasteiger partial charge in [-0.05, 0) is 31.0 Å². The van der Waals surface area contributed by atoms with Gasteiger partial charge >= 0.3 is 0 Å². The van der Waals surface area contributed by atoms with Crippen LogP contribution in [0.3, 0.4) is 0 Å². The van der Waals surface area contributed by atoms with Crippen molar-refractivity contribution in [3.8, 4) is 0 Å². The van der Waals surface area contributed by atoms with Crippen LogP contribution in [0.2, 0.25) is 10.0 Å². The van der Waals surface area contributed by atoms with Crippen molar-refractivity contribution in [1.29, 1.82) is 0 Å². The minimum absolute atomic E-state index is 0.201. The van der Waals surface area contributed by atoms with Gasteiger partial charge in [-0.1, -0.05) is 29.3 Å². The molecule has 0 fully saturated rings. The second kappa shape index (κ2) is 8.12. The minimum atomic E-state index is -2.86. The number of hydrogen-bond donors (Lipinski definition) is 0. The van der Waals surface area contributed by atoms with Crippen molar-refractivity contribution in [2.45, 2.75) is 25.8 Å². The first-order valence-corrected chi connectivity index (χ1v) is 8.13. The highest BCUT2D eigenvalue weighted by Gasteiger charge is 2.29. The number of aryl methyl sites for hydroxylation is 1. The third-order valence-corrected chi connectivity index (χ3v) is 4.21. The quantitative estimate of drug-likeness (QED) is 0.689. The van der Waals surface area contributed by atoms with E-state index in [1.807, 2.05) is 0 Å². The van der Waals surface area contributed by atoms with E-state index in [1.54, 1.807) is 25.1 Å². The van der Waals surface area contributed by atoms with E-state index in [9.17, 15) is 13.6 Å². The molecule has 2 rings (SSSR count). The zero-order chi connectivity index (χ0) is 18.7. The first-order valence-electron chi connectivity index (χ1n) is 7.37. The van der Waals surface area contributed by atoms with Gasteiger partial charge in [-0.3, -0.25) is 14.3 Å². The summed E-state index contributed by atoms with van der Waals surface area (Å²) in [5, 5.41) is 5.63. The molecule has 0 aliphatic rings. The van der Waals surface area contributed by atoms with Gasteiger partial charge in [-0.2, -0.15) is 5.10 Å². The number of aromatic nitrogens is 2. The third-order valence-electron chi connectivity index (χ3n) is 3.62. The molecule has 5 nitrogen and oxygen atoms in total. The van der Waals surface area contributed by atoms with Gasteiger partial charge in [-0.25, -0.2) is 13.8 Å². The second-order valence-corrected chi connectivity index (χ2v) is 6.35. The molecule has 1 aromatic heterocycles. The van der Waals surface area contributed by atoms with E-state index in [-0.39, 0.29) is 5.56 Å². The van der Waals surface area contributed by atoms with Crippen LogP contribution >= 0.6 is 23.2 Å². The summed E-state index contributed by atoms with van der Waals surface area (Å²) in [5.41, 5.74) is -0.0200. The summed E-state index contributed by atoms with van der Waals surface area (Å²) in [6, 6.07) is 4.57. The topological polar surface area (TPSA) is 47.4 Å². The summed E-state index contributed by atoms with van der Waals surface area (Å²) in [6.45, 7) is 1.73. The Balaban J connectivity index is 2.24. The van der Waals surface area contributed by atoms with Crippen LogP contribution in [0.4, 0.5) is 8.78 Å². The lowest BCUT2D eigenvalue weighted by atomic mass is 10.1. The van der Waals surface area contributed by atoms with Crippen molar-refractivity contribution in [2.24, 2.45) is 7.05 Å². The molecule has 0 unspecified atom stereocenters. The maximum atomic E-state index is 13.1. The molecule has 0 spiro atoms. The zero-order valence-corrected chi connectivity index (χ0v) is 15.4. The molecular formula is C16H17Cl2F2N3O2. The van der Waals surface area contributed by atoms with Crippen molar-refractivity contribution >= 4 is 29.1 Å². The Kier molecular flexibility index (Phi) is 6.37. The third kappa shape index (κ3) is 4.48. The minimum Gasteiger partial charge on any atom is -0.275 e. The highest BCUT2D eigenvalue weighted by molar-refractivity contribution is 6.35. The molecule has 0 radical (unpaired) electrons. The molecule has 2 aromatic rings. The summed E-state index contributed by atoms with van der Waals surface area (Å²) in [6.07, 6.45) is -1.25. The Hall–Kier alpha value is -1.70. The molecule has 0 saturated heterocycles. The van der Waals surface area contributed by atoms with Gasteiger partial charge in [0.2, 0.25) is 0 Å². The lowest BCUT2D eigenvalue weighted by Gasteiger charge is -2.26. The number of hydroxylamine groups is 2. The number of rotatable bonds is 6. The SMILES string of the molecule is CON(C(=O)c1cn(C)nc1C(F)F)[C@@H](C)Cc1ccc(Cl)cc1Cl. The van der Waals surface area contributed by atoms with Gasteiger partial charge in [-0.15, -0.1) is 0 Å². The van der Waals surface area contributed by atoms with E-state index in [0.717, 1.165) is 10.6 Å². The molecule has 1 aromatic carbocycles. The average Bonchev–Trinajstić information content (AvgIpc) is 2.93. The Labute approximate surface area is 154 Å². The van der Waals surface area contributed by atoms with Gasteiger partial charge in [0, 0.05) is 23.3 Å². The van der Waals surface area contributed by atoms with E-state index in [1.165, 1.54) is 25.0 Å². The molecule has 1 heterocycles. The number of carbonyl (C=O) groups is 1. The highest BCUT2D eigenvalue weighted by Crippen LogP contribution is 2.26. The molecule has 136 valence electrons. The van der Waals surface area contributed by atoms with Gasteiger partial charge in [0.15, 0.2) is 0 Å². The Bertz CT molecular complexity index is 768. The Morgan fingerprint density at radius 2 is 2.08 bits per heavy atom. The van der Waals surface area contributed by atoms with Crippen LogP contribution in [0.15, 0.2) is 24.4 Å². The van der Waals surface area contributed by atoms with E-state index in [0.29, 0.717) is 16.5 Å². The van der Waals surface area contributed by atoms with Gasteiger partial charge in [0.25, 0.3) is 12.3 Å². The van der Waals surface area contributed by atoms with Crippen LogP contribution in [0.5, 0.6) is 0 Å². The molecule has 1 amide bonds. The maximum Gasteiger partial charge on any atom is 0.282 e. The van der Waals surface area contributed by atoms with Crippen molar-refractivity contribution < 1.29 is 18.4 Å². The lowest BCUT2D eigenvalue weighted by molar-refractivity contribution is -0.119. The molecule has 9 heteroatoms. The number of amides is 1. The normalized spacial score (nSPS) is 12.5. The fraction of sp³-hybridized carbons (Fsp3) is 0.375. The molecule has 0 saturated carbocycles. The molecule has 1 atom stereocenters. The maximum absolute atomic E-state index is 13.1.